The van der Waals surface area contributed by atoms with Gasteiger partial charge in [0.05, 0.1) is 0 Å². The lowest BCUT2D eigenvalue weighted by atomic mass is 9.89. The zero-order chi connectivity index (χ0) is 7.65. The highest BCUT2D eigenvalue weighted by atomic mass is 35.5. The van der Waals surface area contributed by atoms with E-state index in [0.717, 1.165) is 5.57 Å². The summed E-state index contributed by atoms with van der Waals surface area (Å²) in [6.07, 6.45) is 0. The first-order chi connectivity index (χ1) is 3.85. The topological polar surface area (TPSA) is 0 Å². The van der Waals surface area contributed by atoms with Crippen LogP contribution in [-0.4, -0.2) is 0 Å². The van der Waals surface area contributed by atoms with E-state index in [1.54, 1.807) is 0 Å². The Hall–Kier alpha value is 0.320. The number of halogens is 2. The first kappa shape index (κ1) is 9.32. The van der Waals surface area contributed by atoms with E-state index in [1.807, 2.05) is 6.92 Å². The van der Waals surface area contributed by atoms with Crippen molar-refractivity contribution in [1.82, 2.24) is 0 Å². The highest BCUT2D eigenvalue weighted by Gasteiger charge is 2.14. The Labute approximate surface area is 66.8 Å². The molecule has 9 heavy (non-hydrogen) atoms. The van der Waals surface area contributed by atoms with E-state index >= 15 is 0 Å². The van der Waals surface area contributed by atoms with Crippen molar-refractivity contribution in [1.29, 1.82) is 0 Å². The summed E-state index contributed by atoms with van der Waals surface area (Å²) in [5, 5.41) is 0. The van der Waals surface area contributed by atoms with Crippen molar-refractivity contribution in [3.05, 3.63) is 10.1 Å². The molecular weight excluding hydrogens is 155 g/mol. The molecule has 0 bridgehead atoms. The third kappa shape index (κ3) is 3.12. The van der Waals surface area contributed by atoms with E-state index in [0.29, 0.717) is 4.49 Å². The molecule has 0 heterocycles. The van der Waals surface area contributed by atoms with Gasteiger partial charge in [-0.25, -0.2) is 0 Å². The maximum Gasteiger partial charge on any atom is 0.106 e. The van der Waals surface area contributed by atoms with Gasteiger partial charge in [0.25, 0.3) is 0 Å². The lowest BCUT2D eigenvalue weighted by Gasteiger charge is -2.18. The van der Waals surface area contributed by atoms with Crippen LogP contribution in [0.3, 0.4) is 0 Å². The molecule has 0 saturated heterocycles. The van der Waals surface area contributed by atoms with Gasteiger partial charge in [-0.2, -0.15) is 0 Å². The smallest absolute Gasteiger partial charge is 0.0709 e. The van der Waals surface area contributed by atoms with Crippen LogP contribution in [0.2, 0.25) is 0 Å². The first-order valence-electron chi connectivity index (χ1n) is 2.88. The third-order valence-electron chi connectivity index (χ3n) is 1.41. The summed E-state index contributed by atoms with van der Waals surface area (Å²) < 4.78 is 0.391. The van der Waals surface area contributed by atoms with Crippen molar-refractivity contribution in [3.8, 4) is 0 Å². The standard InChI is InChI=1S/C7H12Cl2/c1-5(6(8)9)7(2,3)4/h1-4H3. The highest BCUT2D eigenvalue weighted by molar-refractivity contribution is 6.56. The van der Waals surface area contributed by atoms with Crippen LogP contribution < -0.4 is 0 Å². The monoisotopic (exact) mass is 166 g/mol. The predicted molar refractivity (Wildman–Crippen MR) is 43.9 cm³/mol. The fourth-order valence-electron chi connectivity index (χ4n) is 0.283. The molecule has 0 aromatic rings. The average Bonchev–Trinajstić information content (AvgIpc) is 1.62. The molecule has 0 unspecified atom stereocenters. The van der Waals surface area contributed by atoms with Gasteiger partial charge in [0.2, 0.25) is 0 Å². The molecule has 2 heteroatoms. The Morgan fingerprint density at radius 3 is 1.44 bits per heavy atom. The van der Waals surface area contributed by atoms with Crippen LogP contribution in [0.15, 0.2) is 10.1 Å². The summed E-state index contributed by atoms with van der Waals surface area (Å²) in [6.45, 7) is 8.17. The zero-order valence-corrected chi connectivity index (χ0v) is 7.77. The molecule has 54 valence electrons. The van der Waals surface area contributed by atoms with Crippen LogP contribution in [-0.2, 0) is 0 Å². The van der Waals surface area contributed by atoms with Crippen LogP contribution in [0.1, 0.15) is 27.7 Å². The van der Waals surface area contributed by atoms with E-state index in [9.17, 15) is 0 Å². The molecule has 0 rings (SSSR count). The third-order valence-corrected chi connectivity index (χ3v) is 1.98. The van der Waals surface area contributed by atoms with Crippen molar-refractivity contribution < 1.29 is 0 Å². The molecular formula is C7H12Cl2. The average molecular weight is 167 g/mol. The number of allylic oxidation sites excluding steroid dienone is 1. The number of rotatable bonds is 0. The van der Waals surface area contributed by atoms with Gasteiger partial charge < -0.3 is 0 Å². The van der Waals surface area contributed by atoms with Gasteiger partial charge in [0.15, 0.2) is 0 Å². The van der Waals surface area contributed by atoms with Gasteiger partial charge in [-0.15, -0.1) is 0 Å². The van der Waals surface area contributed by atoms with Crippen LogP contribution in [0.25, 0.3) is 0 Å². The summed E-state index contributed by atoms with van der Waals surface area (Å²) in [4.78, 5) is 0. The molecule has 0 atom stereocenters. The van der Waals surface area contributed by atoms with Crippen molar-refractivity contribution >= 4 is 23.2 Å². The lowest BCUT2D eigenvalue weighted by Crippen LogP contribution is -2.06. The van der Waals surface area contributed by atoms with E-state index in [4.69, 9.17) is 23.2 Å². The molecule has 0 amide bonds. The molecule has 0 aromatic carbocycles. The molecule has 0 radical (unpaired) electrons. The van der Waals surface area contributed by atoms with E-state index in [2.05, 4.69) is 20.8 Å². The van der Waals surface area contributed by atoms with Crippen molar-refractivity contribution in [2.45, 2.75) is 27.7 Å². The summed E-state index contributed by atoms with van der Waals surface area (Å²) in [5.74, 6) is 0. The second-order valence-corrected chi connectivity index (χ2v) is 4.08. The Kier molecular flexibility index (Phi) is 3.04. The molecule has 0 aromatic heterocycles. The summed E-state index contributed by atoms with van der Waals surface area (Å²) in [6, 6.07) is 0. The minimum atomic E-state index is 0.0961. The molecule has 0 aliphatic carbocycles. The fraction of sp³-hybridized carbons (Fsp3) is 0.714. The molecule has 0 aliphatic rings. The number of hydrogen-bond donors (Lipinski definition) is 0. The first-order valence-corrected chi connectivity index (χ1v) is 3.63. The second-order valence-electron chi connectivity index (χ2n) is 3.14. The molecule has 0 fully saturated rings. The Balaban J connectivity index is 4.40. The van der Waals surface area contributed by atoms with Gasteiger partial charge in [-0.1, -0.05) is 44.0 Å². The number of hydrogen-bond acceptors (Lipinski definition) is 0. The molecule has 0 N–H and O–H groups in total. The van der Waals surface area contributed by atoms with E-state index in [1.165, 1.54) is 0 Å². The van der Waals surface area contributed by atoms with Crippen LogP contribution in [0.5, 0.6) is 0 Å². The minimum Gasteiger partial charge on any atom is -0.0709 e. The molecule has 0 aliphatic heterocycles. The van der Waals surface area contributed by atoms with Gasteiger partial charge in [0.1, 0.15) is 4.49 Å². The molecule has 0 nitrogen and oxygen atoms in total. The van der Waals surface area contributed by atoms with Crippen LogP contribution >= 0.6 is 23.2 Å². The van der Waals surface area contributed by atoms with Gasteiger partial charge in [-0.3, -0.25) is 0 Å². The Bertz CT molecular complexity index is 124. The largest absolute Gasteiger partial charge is 0.106 e. The van der Waals surface area contributed by atoms with Crippen molar-refractivity contribution in [2.24, 2.45) is 5.41 Å². The summed E-state index contributed by atoms with van der Waals surface area (Å²) in [5.41, 5.74) is 1.13. The van der Waals surface area contributed by atoms with E-state index in [-0.39, 0.29) is 5.41 Å². The maximum atomic E-state index is 5.56. The summed E-state index contributed by atoms with van der Waals surface area (Å²) in [7, 11) is 0. The van der Waals surface area contributed by atoms with Crippen molar-refractivity contribution in [3.63, 3.8) is 0 Å². The quantitative estimate of drug-likeness (QED) is 0.515. The molecule has 0 spiro atoms. The minimum absolute atomic E-state index is 0.0961. The second kappa shape index (κ2) is 2.94. The van der Waals surface area contributed by atoms with Gasteiger partial charge in [-0.05, 0) is 17.9 Å². The SMILES string of the molecule is CC(=C(Cl)Cl)C(C)(C)C. The normalized spacial score (nSPS) is 11.3. The van der Waals surface area contributed by atoms with Crippen molar-refractivity contribution in [2.75, 3.05) is 0 Å². The fourth-order valence-corrected chi connectivity index (χ4v) is 0.850. The highest BCUT2D eigenvalue weighted by Crippen LogP contribution is 2.30. The molecule has 0 saturated carbocycles. The van der Waals surface area contributed by atoms with Gasteiger partial charge in [0, 0.05) is 0 Å². The zero-order valence-electron chi connectivity index (χ0n) is 6.26. The van der Waals surface area contributed by atoms with Crippen LogP contribution in [0.4, 0.5) is 0 Å². The lowest BCUT2D eigenvalue weighted by molar-refractivity contribution is 0.504. The van der Waals surface area contributed by atoms with Crippen LogP contribution in [0, 0.1) is 5.41 Å². The Morgan fingerprint density at radius 1 is 1.11 bits per heavy atom. The Morgan fingerprint density at radius 2 is 1.44 bits per heavy atom. The maximum absolute atomic E-state index is 5.56. The predicted octanol–water partition coefficient (Wildman–Crippen LogP) is 3.74. The van der Waals surface area contributed by atoms with Gasteiger partial charge >= 0.3 is 0 Å². The van der Waals surface area contributed by atoms with E-state index < -0.39 is 0 Å². The summed E-state index contributed by atoms with van der Waals surface area (Å²) >= 11 is 11.1.